The SMILES string of the molecule is Cn1cc(-c2ccc(CCl)cc2)cc(F)c1=O. The second-order valence-corrected chi connectivity index (χ2v) is 4.09. The first kappa shape index (κ1) is 11.9. The van der Waals surface area contributed by atoms with Gasteiger partial charge in [-0.3, -0.25) is 4.79 Å². The van der Waals surface area contributed by atoms with Gasteiger partial charge in [-0.15, -0.1) is 11.6 Å². The third kappa shape index (κ3) is 2.39. The highest BCUT2D eigenvalue weighted by Gasteiger charge is 2.05. The zero-order valence-corrected chi connectivity index (χ0v) is 10.0. The molecule has 1 heterocycles. The third-order valence-corrected chi connectivity index (χ3v) is 2.89. The van der Waals surface area contributed by atoms with E-state index in [0.29, 0.717) is 11.4 Å². The Morgan fingerprint density at radius 3 is 2.41 bits per heavy atom. The lowest BCUT2D eigenvalue weighted by atomic mass is 10.1. The Morgan fingerprint density at radius 1 is 1.24 bits per heavy atom. The summed E-state index contributed by atoms with van der Waals surface area (Å²) in [6.07, 6.45) is 1.61. The van der Waals surface area contributed by atoms with Crippen LogP contribution in [0.4, 0.5) is 4.39 Å². The minimum atomic E-state index is -0.744. The van der Waals surface area contributed by atoms with Gasteiger partial charge in [-0.2, -0.15) is 0 Å². The van der Waals surface area contributed by atoms with Crippen molar-refractivity contribution >= 4 is 11.6 Å². The summed E-state index contributed by atoms with van der Waals surface area (Å²) >= 11 is 5.69. The van der Waals surface area contributed by atoms with Crippen LogP contribution in [-0.2, 0) is 12.9 Å². The van der Waals surface area contributed by atoms with E-state index in [1.54, 1.807) is 6.20 Å². The van der Waals surface area contributed by atoms with Gasteiger partial charge in [-0.1, -0.05) is 24.3 Å². The Balaban J connectivity index is 2.49. The fraction of sp³-hybridized carbons (Fsp3) is 0.154. The second-order valence-electron chi connectivity index (χ2n) is 3.82. The summed E-state index contributed by atoms with van der Waals surface area (Å²) in [7, 11) is 1.53. The van der Waals surface area contributed by atoms with Crippen molar-refractivity contribution in [1.29, 1.82) is 0 Å². The molecule has 2 nitrogen and oxygen atoms in total. The molecule has 0 aliphatic rings. The van der Waals surface area contributed by atoms with Crippen molar-refractivity contribution < 1.29 is 4.39 Å². The Morgan fingerprint density at radius 2 is 1.88 bits per heavy atom. The van der Waals surface area contributed by atoms with E-state index in [4.69, 9.17) is 11.6 Å². The quantitative estimate of drug-likeness (QED) is 0.753. The van der Waals surface area contributed by atoms with Crippen LogP contribution < -0.4 is 5.56 Å². The van der Waals surface area contributed by atoms with E-state index in [2.05, 4.69) is 0 Å². The molecule has 17 heavy (non-hydrogen) atoms. The number of aryl methyl sites for hydroxylation is 1. The molecule has 2 aromatic rings. The highest BCUT2D eigenvalue weighted by Crippen LogP contribution is 2.19. The van der Waals surface area contributed by atoms with Gasteiger partial charge in [0.2, 0.25) is 0 Å². The van der Waals surface area contributed by atoms with E-state index in [1.807, 2.05) is 24.3 Å². The van der Waals surface area contributed by atoms with Crippen LogP contribution in [0.2, 0.25) is 0 Å². The lowest BCUT2D eigenvalue weighted by molar-refractivity contribution is 0.591. The van der Waals surface area contributed by atoms with Crippen molar-refractivity contribution in [3.63, 3.8) is 0 Å². The molecular formula is C13H11ClFNO. The van der Waals surface area contributed by atoms with Crippen molar-refractivity contribution in [1.82, 2.24) is 4.57 Å². The van der Waals surface area contributed by atoms with Crippen LogP contribution in [-0.4, -0.2) is 4.57 Å². The van der Waals surface area contributed by atoms with E-state index in [-0.39, 0.29) is 0 Å². The third-order valence-electron chi connectivity index (χ3n) is 2.58. The predicted octanol–water partition coefficient (Wildman–Crippen LogP) is 2.93. The van der Waals surface area contributed by atoms with Gasteiger partial charge in [0.25, 0.3) is 5.56 Å². The molecule has 4 heteroatoms. The first-order valence-corrected chi connectivity index (χ1v) is 5.66. The number of benzene rings is 1. The van der Waals surface area contributed by atoms with E-state index >= 15 is 0 Å². The first-order chi connectivity index (χ1) is 8.11. The molecule has 0 amide bonds. The predicted molar refractivity (Wildman–Crippen MR) is 66.6 cm³/mol. The van der Waals surface area contributed by atoms with E-state index in [1.165, 1.54) is 17.7 Å². The maximum Gasteiger partial charge on any atom is 0.286 e. The van der Waals surface area contributed by atoms with E-state index in [9.17, 15) is 9.18 Å². The lowest BCUT2D eigenvalue weighted by Crippen LogP contribution is -2.19. The lowest BCUT2D eigenvalue weighted by Gasteiger charge is -2.05. The molecule has 0 bridgehead atoms. The van der Waals surface area contributed by atoms with Crippen molar-refractivity contribution in [2.45, 2.75) is 5.88 Å². The fourth-order valence-corrected chi connectivity index (χ4v) is 1.79. The van der Waals surface area contributed by atoms with Crippen molar-refractivity contribution in [3.8, 4) is 11.1 Å². The molecular weight excluding hydrogens is 241 g/mol. The summed E-state index contributed by atoms with van der Waals surface area (Å²) in [5, 5.41) is 0. The Hall–Kier alpha value is -1.61. The fourth-order valence-electron chi connectivity index (χ4n) is 1.62. The number of hydrogen-bond acceptors (Lipinski definition) is 1. The van der Waals surface area contributed by atoms with E-state index < -0.39 is 11.4 Å². The molecule has 0 radical (unpaired) electrons. The molecule has 0 saturated heterocycles. The Bertz CT molecular complexity index is 563. The summed E-state index contributed by atoms with van der Waals surface area (Å²) in [6.45, 7) is 0. The normalized spacial score (nSPS) is 10.5. The molecule has 1 aromatic heterocycles. The zero-order chi connectivity index (χ0) is 12.4. The van der Waals surface area contributed by atoms with E-state index in [0.717, 1.165) is 11.1 Å². The summed E-state index contributed by atoms with van der Waals surface area (Å²) in [6, 6.07) is 8.72. The molecule has 0 spiro atoms. The number of rotatable bonds is 2. The van der Waals surface area contributed by atoms with Crippen molar-refractivity contribution in [3.05, 3.63) is 58.3 Å². The van der Waals surface area contributed by atoms with Gasteiger partial charge in [0.1, 0.15) is 0 Å². The number of hydrogen-bond donors (Lipinski definition) is 0. The van der Waals surface area contributed by atoms with Gasteiger partial charge >= 0.3 is 0 Å². The smallest absolute Gasteiger partial charge is 0.286 e. The molecule has 0 atom stereocenters. The standard InChI is InChI=1S/C13H11ClFNO/c1-16-8-11(6-12(15)13(16)17)10-4-2-9(7-14)3-5-10/h2-6,8H,7H2,1H3. The van der Waals surface area contributed by atoms with Crippen LogP contribution in [0.3, 0.4) is 0 Å². The molecule has 0 aliphatic heterocycles. The van der Waals surface area contributed by atoms with Gasteiger partial charge in [0.15, 0.2) is 5.82 Å². The van der Waals surface area contributed by atoms with Crippen LogP contribution >= 0.6 is 11.6 Å². The minimum Gasteiger partial charge on any atom is -0.315 e. The van der Waals surface area contributed by atoms with Gasteiger partial charge < -0.3 is 4.57 Å². The molecule has 2 rings (SSSR count). The van der Waals surface area contributed by atoms with Gasteiger partial charge in [0.05, 0.1) is 0 Å². The zero-order valence-electron chi connectivity index (χ0n) is 9.28. The number of pyridine rings is 1. The number of aromatic nitrogens is 1. The number of halogens is 2. The van der Waals surface area contributed by atoms with Gasteiger partial charge in [-0.05, 0) is 17.2 Å². The highest BCUT2D eigenvalue weighted by atomic mass is 35.5. The highest BCUT2D eigenvalue weighted by molar-refractivity contribution is 6.17. The topological polar surface area (TPSA) is 22.0 Å². The van der Waals surface area contributed by atoms with Crippen molar-refractivity contribution in [2.75, 3.05) is 0 Å². The number of alkyl halides is 1. The van der Waals surface area contributed by atoms with Crippen LogP contribution in [0, 0.1) is 5.82 Å². The van der Waals surface area contributed by atoms with Crippen LogP contribution in [0.5, 0.6) is 0 Å². The maximum atomic E-state index is 13.3. The molecule has 0 fully saturated rings. The molecule has 0 unspecified atom stereocenters. The van der Waals surface area contributed by atoms with Crippen molar-refractivity contribution in [2.24, 2.45) is 7.05 Å². The average Bonchev–Trinajstić information content (AvgIpc) is 2.35. The summed E-state index contributed by atoms with van der Waals surface area (Å²) in [5.74, 6) is -0.298. The molecule has 88 valence electrons. The molecule has 0 saturated carbocycles. The summed E-state index contributed by atoms with van der Waals surface area (Å²) < 4.78 is 14.6. The summed E-state index contributed by atoms with van der Waals surface area (Å²) in [4.78, 5) is 11.2. The maximum absolute atomic E-state index is 13.3. The Labute approximate surface area is 103 Å². The van der Waals surface area contributed by atoms with Gasteiger partial charge in [-0.25, -0.2) is 4.39 Å². The van der Waals surface area contributed by atoms with Crippen LogP contribution in [0.1, 0.15) is 5.56 Å². The molecule has 0 N–H and O–H groups in total. The minimum absolute atomic E-state index is 0.446. The molecule has 0 aliphatic carbocycles. The second kappa shape index (κ2) is 4.72. The summed E-state index contributed by atoms with van der Waals surface area (Å²) in [5.41, 5.74) is 1.91. The van der Waals surface area contributed by atoms with Gasteiger partial charge in [0, 0.05) is 24.7 Å². The molecule has 1 aromatic carbocycles. The average molecular weight is 252 g/mol. The first-order valence-electron chi connectivity index (χ1n) is 5.13. The van der Waals surface area contributed by atoms with Crippen LogP contribution in [0.15, 0.2) is 41.3 Å². The number of nitrogens with zero attached hydrogens (tertiary/aromatic N) is 1. The monoisotopic (exact) mass is 251 g/mol. The van der Waals surface area contributed by atoms with Crippen LogP contribution in [0.25, 0.3) is 11.1 Å². The Kier molecular flexibility index (Phi) is 3.29. The largest absolute Gasteiger partial charge is 0.315 e.